The van der Waals surface area contributed by atoms with Gasteiger partial charge in [0.2, 0.25) is 0 Å². The van der Waals surface area contributed by atoms with Gasteiger partial charge in [-0.2, -0.15) is 5.10 Å². The van der Waals surface area contributed by atoms with E-state index in [9.17, 15) is 0 Å². The molecule has 0 saturated heterocycles. The number of methoxy groups -OCH3 is 1. The van der Waals surface area contributed by atoms with Crippen molar-refractivity contribution >= 4 is 0 Å². The van der Waals surface area contributed by atoms with Crippen LogP contribution in [0, 0.1) is 0 Å². The van der Waals surface area contributed by atoms with Gasteiger partial charge in [0.25, 0.3) is 0 Å². The standard InChI is InChI=1S/C13H25N3O/c1-6-11-8-12(16(7-2)15-11)9-14-10-13(3,4)17-5/h8,14H,6-7,9-10H2,1-5H3. The minimum atomic E-state index is -0.120. The van der Waals surface area contributed by atoms with Crippen LogP contribution in [0.4, 0.5) is 0 Å². The molecule has 1 rings (SSSR count). The SMILES string of the molecule is CCc1cc(CNCC(C)(C)OC)n(CC)n1. The fourth-order valence-corrected chi connectivity index (χ4v) is 1.67. The fraction of sp³-hybridized carbons (Fsp3) is 0.769. The van der Waals surface area contributed by atoms with Crippen molar-refractivity contribution in [2.24, 2.45) is 0 Å². The summed E-state index contributed by atoms with van der Waals surface area (Å²) in [5.74, 6) is 0. The van der Waals surface area contributed by atoms with Gasteiger partial charge in [-0.15, -0.1) is 0 Å². The number of aromatic nitrogens is 2. The highest BCUT2D eigenvalue weighted by atomic mass is 16.5. The Kier molecular flexibility index (Phi) is 5.15. The summed E-state index contributed by atoms with van der Waals surface area (Å²) < 4.78 is 7.43. The van der Waals surface area contributed by atoms with E-state index in [0.717, 1.165) is 31.7 Å². The molecule has 0 atom stereocenters. The Hall–Kier alpha value is -0.870. The Morgan fingerprint density at radius 2 is 2.12 bits per heavy atom. The van der Waals surface area contributed by atoms with Gasteiger partial charge in [0, 0.05) is 26.7 Å². The summed E-state index contributed by atoms with van der Waals surface area (Å²) in [6.07, 6.45) is 0.990. The van der Waals surface area contributed by atoms with Gasteiger partial charge in [0.15, 0.2) is 0 Å². The second-order valence-corrected chi connectivity index (χ2v) is 4.86. The zero-order chi connectivity index (χ0) is 12.9. The molecule has 1 aromatic heterocycles. The van der Waals surface area contributed by atoms with Gasteiger partial charge in [0.1, 0.15) is 0 Å². The van der Waals surface area contributed by atoms with E-state index in [-0.39, 0.29) is 5.60 Å². The van der Waals surface area contributed by atoms with E-state index in [1.54, 1.807) is 7.11 Å². The van der Waals surface area contributed by atoms with Crippen molar-refractivity contribution in [3.05, 3.63) is 17.5 Å². The molecular weight excluding hydrogens is 214 g/mol. The van der Waals surface area contributed by atoms with Crippen LogP contribution < -0.4 is 5.32 Å². The first kappa shape index (κ1) is 14.2. The van der Waals surface area contributed by atoms with E-state index >= 15 is 0 Å². The molecule has 1 heterocycles. The van der Waals surface area contributed by atoms with E-state index in [0.29, 0.717) is 0 Å². The van der Waals surface area contributed by atoms with Crippen LogP contribution in [-0.2, 0) is 24.2 Å². The quantitative estimate of drug-likeness (QED) is 0.791. The lowest BCUT2D eigenvalue weighted by Crippen LogP contribution is -2.36. The highest BCUT2D eigenvalue weighted by Gasteiger charge is 2.15. The summed E-state index contributed by atoms with van der Waals surface area (Å²) >= 11 is 0. The summed E-state index contributed by atoms with van der Waals surface area (Å²) in [6, 6.07) is 2.18. The molecule has 1 aromatic rings. The van der Waals surface area contributed by atoms with Crippen LogP contribution in [0.5, 0.6) is 0 Å². The highest BCUT2D eigenvalue weighted by molar-refractivity contribution is 5.10. The van der Waals surface area contributed by atoms with Crippen molar-refractivity contribution in [2.45, 2.75) is 52.8 Å². The number of hydrogen-bond acceptors (Lipinski definition) is 3. The molecule has 98 valence electrons. The third-order valence-corrected chi connectivity index (χ3v) is 2.99. The number of ether oxygens (including phenoxy) is 1. The van der Waals surface area contributed by atoms with Crippen LogP contribution >= 0.6 is 0 Å². The Balaban J connectivity index is 2.54. The van der Waals surface area contributed by atoms with Crippen molar-refractivity contribution < 1.29 is 4.74 Å². The Labute approximate surface area is 104 Å². The monoisotopic (exact) mass is 239 g/mol. The minimum absolute atomic E-state index is 0.120. The summed E-state index contributed by atoms with van der Waals surface area (Å²) in [5.41, 5.74) is 2.29. The molecule has 0 unspecified atom stereocenters. The van der Waals surface area contributed by atoms with Crippen LogP contribution in [0.25, 0.3) is 0 Å². The zero-order valence-corrected chi connectivity index (χ0v) is 11.7. The maximum absolute atomic E-state index is 5.37. The molecule has 0 aromatic carbocycles. The van der Waals surface area contributed by atoms with Crippen molar-refractivity contribution in [1.82, 2.24) is 15.1 Å². The Morgan fingerprint density at radius 1 is 1.41 bits per heavy atom. The second kappa shape index (κ2) is 6.17. The van der Waals surface area contributed by atoms with E-state index in [1.807, 2.05) is 0 Å². The van der Waals surface area contributed by atoms with Gasteiger partial charge < -0.3 is 10.1 Å². The largest absolute Gasteiger partial charge is 0.377 e. The summed E-state index contributed by atoms with van der Waals surface area (Å²) in [4.78, 5) is 0. The fourth-order valence-electron chi connectivity index (χ4n) is 1.67. The first-order valence-electron chi connectivity index (χ1n) is 6.34. The maximum atomic E-state index is 5.37. The third kappa shape index (κ3) is 4.13. The molecule has 0 radical (unpaired) electrons. The smallest absolute Gasteiger partial charge is 0.0746 e. The van der Waals surface area contributed by atoms with Crippen LogP contribution in [0.15, 0.2) is 6.07 Å². The van der Waals surface area contributed by atoms with E-state index < -0.39 is 0 Å². The van der Waals surface area contributed by atoms with E-state index in [2.05, 4.69) is 48.9 Å². The first-order valence-corrected chi connectivity index (χ1v) is 6.34. The average Bonchev–Trinajstić information content (AvgIpc) is 2.71. The van der Waals surface area contributed by atoms with E-state index in [1.165, 1.54) is 5.69 Å². The lowest BCUT2D eigenvalue weighted by molar-refractivity contribution is 0.0229. The summed E-state index contributed by atoms with van der Waals surface area (Å²) in [5, 5.41) is 7.95. The number of nitrogens with one attached hydrogen (secondary N) is 1. The van der Waals surface area contributed by atoms with Crippen LogP contribution in [-0.4, -0.2) is 29.0 Å². The topological polar surface area (TPSA) is 39.1 Å². The molecule has 0 fully saturated rings. The number of nitrogens with zero attached hydrogens (tertiary/aromatic N) is 2. The molecule has 0 aliphatic heterocycles. The van der Waals surface area contributed by atoms with Crippen molar-refractivity contribution in [3.63, 3.8) is 0 Å². The van der Waals surface area contributed by atoms with Crippen LogP contribution in [0.1, 0.15) is 39.1 Å². The van der Waals surface area contributed by atoms with E-state index in [4.69, 9.17) is 4.74 Å². The third-order valence-electron chi connectivity index (χ3n) is 2.99. The number of hydrogen-bond donors (Lipinski definition) is 1. The normalized spacial score (nSPS) is 12.1. The van der Waals surface area contributed by atoms with Gasteiger partial charge in [0.05, 0.1) is 17.0 Å². The first-order chi connectivity index (χ1) is 8.02. The molecule has 17 heavy (non-hydrogen) atoms. The Morgan fingerprint density at radius 3 is 2.65 bits per heavy atom. The lowest BCUT2D eigenvalue weighted by atomic mass is 10.1. The molecule has 0 aliphatic rings. The summed E-state index contributed by atoms with van der Waals surface area (Å²) in [7, 11) is 1.74. The van der Waals surface area contributed by atoms with Gasteiger partial charge in [-0.25, -0.2) is 0 Å². The predicted octanol–water partition coefficient (Wildman–Crippen LogP) is 1.98. The molecule has 1 N–H and O–H groups in total. The second-order valence-electron chi connectivity index (χ2n) is 4.86. The molecule has 0 spiro atoms. The lowest BCUT2D eigenvalue weighted by Gasteiger charge is -2.23. The molecule has 4 heteroatoms. The molecular formula is C13H25N3O. The highest BCUT2D eigenvalue weighted by Crippen LogP contribution is 2.08. The van der Waals surface area contributed by atoms with Gasteiger partial charge in [-0.05, 0) is 33.3 Å². The molecule has 0 saturated carbocycles. The molecule has 0 bridgehead atoms. The maximum Gasteiger partial charge on any atom is 0.0746 e. The number of aryl methyl sites for hydroxylation is 2. The van der Waals surface area contributed by atoms with Crippen LogP contribution in [0.2, 0.25) is 0 Å². The number of rotatable bonds is 7. The molecule has 4 nitrogen and oxygen atoms in total. The van der Waals surface area contributed by atoms with Crippen molar-refractivity contribution in [3.8, 4) is 0 Å². The van der Waals surface area contributed by atoms with Crippen molar-refractivity contribution in [2.75, 3.05) is 13.7 Å². The zero-order valence-electron chi connectivity index (χ0n) is 11.7. The Bertz CT molecular complexity index is 344. The van der Waals surface area contributed by atoms with Gasteiger partial charge >= 0.3 is 0 Å². The van der Waals surface area contributed by atoms with Crippen LogP contribution in [0.3, 0.4) is 0 Å². The summed E-state index contributed by atoms with van der Waals surface area (Å²) in [6.45, 7) is 11.0. The minimum Gasteiger partial charge on any atom is -0.377 e. The van der Waals surface area contributed by atoms with Gasteiger partial charge in [-0.3, -0.25) is 4.68 Å². The average molecular weight is 239 g/mol. The van der Waals surface area contributed by atoms with Gasteiger partial charge in [-0.1, -0.05) is 6.92 Å². The molecule has 0 amide bonds. The molecule has 0 aliphatic carbocycles. The predicted molar refractivity (Wildman–Crippen MR) is 70.1 cm³/mol. The van der Waals surface area contributed by atoms with Crippen molar-refractivity contribution in [1.29, 1.82) is 0 Å².